The summed E-state index contributed by atoms with van der Waals surface area (Å²) in [6.45, 7) is 1.77. The molecule has 24 heavy (non-hydrogen) atoms. The fraction of sp³-hybridized carbons (Fsp3) is 0.125. The average molecular weight is 410 g/mol. The van der Waals surface area contributed by atoms with E-state index in [0.29, 0.717) is 6.54 Å². The summed E-state index contributed by atoms with van der Waals surface area (Å²) in [5, 5.41) is 6.41. The molecule has 0 aliphatic carbocycles. The Bertz CT molecular complexity index is 832. The smallest absolute Gasteiger partial charge is 0.276 e. The minimum Gasteiger partial charge on any atom is -0.352 e. The van der Waals surface area contributed by atoms with Crippen molar-refractivity contribution in [2.24, 2.45) is 5.10 Å². The minimum atomic E-state index is -3.73. The van der Waals surface area contributed by atoms with E-state index in [1.54, 1.807) is 24.3 Å². The van der Waals surface area contributed by atoms with Crippen molar-refractivity contribution in [3.63, 3.8) is 0 Å². The van der Waals surface area contributed by atoms with Gasteiger partial charge in [0.05, 0.1) is 11.1 Å². The molecule has 0 bridgehead atoms. The van der Waals surface area contributed by atoms with Crippen molar-refractivity contribution in [1.29, 1.82) is 0 Å². The second-order valence-corrected chi connectivity index (χ2v) is 7.53. The van der Waals surface area contributed by atoms with Crippen LogP contribution in [0.3, 0.4) is 0 Å². The van der Waals surface area contributed by atoms with E-state index in [4.69, 9.17) is 0 Å². The largest absolute Gasteiger partial charge is 0.352 e. The Morgan fingerprint density at radius 3 is 2.33 bits per heavy atom. The third-order valence-corrected chi connectivity index (χ3v) is 4.80. The maximum Gasteiger partial charge on any atom is 0.276 e. The van der Waals surface area contributed by atoms with E-state index < -0.39 is 10.0 Å². The second kappa shape index (κ2) is 8.07. The van der Waals surface area contributed by atoms with Gasteiger partial charge in [-0.15, -0.1) is 0 Å². The van der Waals surface area contributed by atoms with Gasteiger partial charge in [-0.25, -0.2) is 4.83 Å². The van der Waals surface area contributed by atoms with Gasteiger partial charge in [0, 0.05) is 17.9 Å². The number of carbonyl (C=O) groups is 1. The molecule has 126 valence electrons. The van der Waals surface area contributed by atoms with Gasteiger partial charge in [0.1, 0.15) is 0 Å². The second-order valence-electron chi connectivity index (χ2n) is 4.96. The molecule has 0 atom stereocenters. The van der Waals surface area contributed by atoms with Crippen LogP contribution in [0.15, 0.2) is 63.0 Å². The van der Waals surface area contributed by atoms with E-state index in [1.165, 1.54) is 25.3 Å². The monoisotopic (exact) mass is 409 g/mol. The number of carbonyl (C=O) groups excluding carboxylic acids is 1. The zero-order valence-electron chi connectivity index (χ0n) is 12.9. The van der Waals surface area contributed by atoms with E-state index in [9.17, 15) is 13.2 Å². The van der Waals surface area contributed by atoms with E-state index >= 15 is 0 Å². The fourth-order valence-electron chi connectivity index (χ4n) is 1.78. The molecule has 0 saturated carbocycles. The topological polar surface area (TPSA) is 87.6 Å². The van der Waals surface area contributed by atoms with E-state index in [2.05, 4.69) is 31.2 Å². The number of benzene rings is 2. The highest BCUT2D eigenvalue weighted by Crippen LogP contribution is 2.11. The molecule has 1 amide bonds. The quantitative estimate of drug-likeness (QED) is 0.566. The number of hydrogen-bond acceptors (Lipinski definition) is 4. The Morgan fingerprint density at radius 1 is 1.12 bits per heavy atom. The van der Waals surface area contributed by atoms with Gasteiger partial charge in [-0.2, -0.15) is 13.5 Å². The third-order valence-electron chi connectivity index (χ3n) is 3.03. The lowest BCUT2D eigenvalue weighted by Crippen LogP contribution is -2.20. The van der Waals surface area contributed by atoms with Crippen LogP contribution in [-0.2, 0) is 21.4 Å². The lowest BCUT2D eigenvalue weighted by atomic mass is 10.2. The van der Waals surface area contributed by atoms with Gasteiger partial charge in [0.25, 0.3) is 10.0 Å². The van der Waals surface area contributed by atoms with Crippen LogP contribution < -0.4 is 10.1 Å². The van der Waals surface area contributed by atoms with Crippen LogP contribution in [0.2, 0.25) is 0 Å². The van der Waals surface area contributed by atoms with Crippen molar-refractivity contribution in [3.05, 3.63) is 64.1 Å². The molecule has 0 aromatic heterocycles. The molecule has 0 spiro atoms. The molecule has 2 N–H and O–H groups in total. The number of hydrazone groups is 1. The Labute approximate surface area is 149 Å². The molecular weight excluding hydrogens is 394 g/mol. The van der Waals surface area contributed by atoms with Crippen molar-refractivity contribution < 1.29 is 13.2 Å². The van der Waals surface area contributed by atoms with Crippen LogP contribution in [0.1, 0.15) is 18.1 Å². The molecule has 2 rings (SSSR count). The van der Waals surface area contributed by atoms with E-state index in [1.807, 2.05) is 12.1 Å². The van der Waals surface area contributed by atoms with Crippen molar-refractivity contribution in [1.82, 2.24) is 10.1 Å². The van der Waals surface area contributed by atoms with E-state index in [0.717, 1.165) is 15.6 Å². The molecule has 0 heterocycles. The maximum atomic E-state index is 12.2. The Hall–Kier alpha value is -2.19. The van der Waals surface area contributed by atoms with Gasteiger partial charge in [-0.05, 0) is 35.4 Å². The molecule has 6 nitrogen and oxygen atoms in total. The van der Waals surface area contributed by atoms with Gasteiger partial charge in [-0.3, -0.25) is 4.79 Å². The molecular formula is C16H16BrN3O3S. The number of nitrogens with zero attached hydrogens (tertiary/aromatic N) is 1. The molecule has 0 aliphatic heterocycles. The zero-order valence-corrected chi connectivity index (χ0v) is 15.3. The van der Waals surface area contributed by atoms with Gasteiger partial charge >= 0.3 is 0 Å². The summed E-state index contributed by atoms with van der Waals surface area (Å²) in [4.78, 5) is 13.1. The summed E-state index contributed by atoms with van der Waals surface area (Å²) in [7, 11) is -3.73. The van der Waals surface area contributed by atoms with Gasteiger partial charge in [-0.1, -0.05) is 40.2 Å². The number of rotatable bonds is 6. The molecule has 0 radical (unpaired) electrons. The van der Waals surface area contributed by atoms with Crippen molar-refractivity contribution >= 4 is 38.1 Å². The molecule has 0 unspecified atom stereocenters. The average Bonchev–Trinajstić information content (AvgIpc) is 2.55. The summed E-state index contributed by atoms with van der Waals surface area (Å²) in [5.41, 5.74) is 1.58. The SMILES string of the molecule is CC(=O)NCc1ccc(S(=O)(=O)NN=Cc2ccc(Br)cc2)cc1. The molecule has 0 aliphatic rings. The lowest BCUT2D eigenvalue weighted by Gasteiger charge is -2.06. The predicted molar refractivity (Wildman–Crippen MR) is 96.0 cm³/mol. The van der Waals surface area contributed by atoms with Crippen LogP contribution in [0, 0.1) is 0 Å². The number of hydrogen-bond donors (Lipinski definition) is 2. The Balaban J connectivity index is 2.01. The highest BCUT2D eigenvalue weighted by molar-refractivity contribution is 9.10. The van der Waals surface area contributed by atoms with Crippen LogP contribution in [0.4, 0.5) is 0 Å². The van der Waals surface area contributed by atoms with Crippen LogP contribution in [0.25, 0.3) is 0 Å². The predicted octanol–water partition coefficient (Wildman–Crippen LogP) is 2.40. The molecule has 2 aromatic rings. The van der Waals surface area contributed by atoms with Crippen molar-refractivity contribution in [3.8, 4) is 0 Å². The summed E-state index contributed by atoms with van der Waals surface area (Å²) >= 11 is 3.32. The van der Waals surface area contributed by atoms with Crippen molar-refractivity contribution in [2.75, 3.05) is 0 Å². The number of amides is 1. The molecule has 0 saturated heterocycles. The van der Waals surface area contributed by atoms with Crippen LogP contribution in [0.5, 0.6) is 0 Å². The summed E-state index contributed by atoms with van der Waals surface area (Å²) in [5.74, 6) is -0.143. The third kappa shape index (κ3) is 5.47. The van der Waals surface area contributed by atoms with Gasteiger partial charge < -0.3 is 5.32 Å². The van der Waals surface area contributed by atoms with E-state index in [-0.39, 0.29) is 10.8 Å². The zero-order chi connectivity index (χ0) is 17.6. The first-order valence-corrected chi connectivity index (χ1v) is 9.28. The Morgan fingerprint density at radius 2 is 1.75 bits per heavy atom. The number of nitrogens with one attached hydrogen (secondary N) is 2. The first-order chi connectivity index (χ1) is 11.4. The highest BCUT2D eigenvalue weighted by atomic mass is 79.9. The first-order valence-electron chi connectivity index (χ1n) is 7.01. The highest BCUT2D eigenvalue weighted by Gasteiger charge is 2.12. The maximum absolute atomic E-state index is 12.2. The molecule has 2 aromatic carbocycles. The minimum absolute atomic E-state index is 0.0991. The number of halogens is 1. The molecule has 8 heteroatoms. The first kappa shape index (κ1) is 18.2. The fourth-order valence-corrected chi connectivity index (χ4v) is 2.84. The van der Waals surface area contributed by atoms with Crippen LogP contribution in [-0.4, -0.2) is 20.5 Å². The van der Waals surface area contributed by atoms with Crippen LogP contribution >= 0.6 is 15.9 Å². The van der Waals surface area contributed by atoms with Gasteiger partial charge in [0.15, 0.2) is 0 Å². The van der Waals surface area contributed by atoms with Gasteiger partial charge in [0.2, 0.25) is 5.91 Å². The summed E-state index contributed by atoms with van der Waals surface area (Å²) in [6.07, 6.45) is 1.43. The van der Waals surface area contributed by atoms with Crippen molar-refractivity contribution in [2.45, 2.75) is 18.4 Å². The number of sulfonamides is 1. The molecule has 0 fully saturated rings. The standard InChI is InChI=1S/C16H16BrN3O3S/c1-12(21)18-10-13-4-8-16(9-5-13)24(22,23)20-19-11-14-2-6-15(17)7-3-14/h2-9,11,20H,10H2,1H3,(H,18,21). The normalized spacial score (nSPS) is 11.4. The summed E-state index contributed by atoms with van der Waals surface area (Å²) < 4.78 is 25.2. The summed E-state index contributed by atoms with van der Waals surface area (Å²) in [6, 6.07) is 13.5. The lowest BCUT2D eigenvalue weighted by molar-refractivity contribution is -0.119. The Kier molecular flexibility index (Phi) is 6.10.